The van der Waals surface area contributed by atoms with Crippen LogP contribution in [0.5, 0.6) is 5.75 Å². The van der Waals surface area contributed by atoms with Crippen molar-refractivity contribution < 1.29 is 23.8 Å². The topological polar surface area (TPSA) is 109 Å². The van der Waals surface area contributed by atoms with E-state index in [1.807, 2.05) is 13.0 Å². The summed E-state index contributed by atoms with van der Waals surface area (Å²) in [5.41, 5.74) is 1.89. The van der Waals surface area contributed by atoms with Gasteiger partial charge in [-0.3, -0.25) is 4.79 Å². The van der Waals surface area contributed by atoms with Crippen LogP contribution >= 0.6 is 0 Å². The van der Waals surface area contributed by atoms with Gasteiger partial charge in [0.05, 0.1) is 12.0 Å². The molecule has 1 aromatic heterocycles. The molecule has 1 aromatic carbocycles. The van der Waals surface area contributed by atoms with E-state index in [4.69, 9.17) is 9.15 Å². The predicted octanol–water partition coefficient (Wildman–Crippen LogP) is 1.47. The van der Waals surface area contributed by atoms with Crippen LogP contribution in [0, 0.1) is 0 Å². The lowest BCUT2D eigenvalue weighted by atomic mass is 9.91. The Kier molecular flexibility index (Phi) is 6.02. The van der Waals surface area contributed by atoms with Crippen LogP contribution in [0.2, 0.25) is 0 Å². The van der Waals surface area contributed by atoms with Crippen molar-refractivity contribution >= 4 is 22.8 Å². The summed E-state index contributed by atoms with van der Waals surface area (Å²) in [6.07, 6.45) is 3.58. The van der Waals surface area contributed by atoms with Crippen LogP contribution in [0.4, 0.5) is 0 Å². The molecule has 1 amide bonds. The van der Waals surface area contributed by atoms with Crippen molar-refractivity contribution in [1.29, 1.82) is 0 Å². The zero-order chi connectivity index (χ0) is 20.3. The number of hydrogen-bond acceptors (Lipinski definition) is 6. The summed E-state index contributed by atoms with van der Waals surface area (Å²) in [5.74, 6) is -1.50. The van der Waals surface area contributed by atoms with Crippen LogP contribution in [-0.4, -0.2) is 24.0 Å². The van der Waals surface area contributed by atoms with Gasteiger partial charge in [-0.1, -0.05) is 13.3 Å². The highest BCUT2D eigenvalue weighted by molar-refractivity contribution is 5.86. The van der Waals surface area contributed by atoms with Crippen LogP contribution < -0.4 is 20.8 Å². The third kappa shape index (κ3) is 4.18. The van der Waals surface area contributed by atoms with Gasteiger partial charge in [0.25, 0.3) is 5.91 Å². The number of carbonyl (C=O) groups excluding carboxylic acids is 2. The second-order valence-corrected chi connectivity index (χ2v) is 7.14. The summed E-state index contributed by atoms with van der Waals surface area (Å²) in [4.78, 5) is 35.6. The second kappa shape index (κ2) is 8.46. The van der Waals surface area contributed by atoms with Gasteiger partial charge >= 0.3 is 5.63 Å². The maximum absolute atomic E-state index is 12.2. The fraction of sp³-hybridized carbons (Fsp3) is 0.476. The van der Waals surface area contributed by atoms with Crippen molar-refractivity contribution in [2.45, 2.75) is 64.5 Å². The van der Waals surface area contributed by atoms with Crippen molar-refractivity contribution in [3.05, 3.63) is 39.7 Å². The van der Waals surface area contributed by atoms with E-state index in [-0.39, 0.29) is 12.0 Å². The second-order valence-electron chi connectivity index (χ2n) is 7.14. The number of aryl methyl sites for hydroxylation is 1. The van der Waals surface area contributed by atoms with Crippen LogP contribution in [0.3, 0.4) is 0 Å². The van der Waals surface area contributed by atoms with Crippen molar-refractivity contribution in [2.75, 3.05) is 0 Å². The zero-order valence-corrected chi connectivity index (χ0v) is 16.1. The SMILES string of the molecule is CCC[C@@H](NC(=O)[C@@H](C)Oc1ccc2c3c(c(=O)oc2c1)CCCC3)C(=O)[O-]. The number of carboxylic acid groups (broad SMARTS) is 1. The number of carboxylic acids is 1. The Balaban J connectivity index is 1.78. The molecule has 7 nitrogen and oxygen atoms in total. The Labute approximate surface area is 162 Å². The molecule has 0 saturated carbocycles. The first-order valence-corrected chi connectivity index (χ1v) is 9.67. The highest BCUT2D eigenvalue weighted by Gasteiger charge is 2.21. The maximum Gasteiger partial charge on any atom is 0.339 e. The Morgan fingerprint density at radius 2 is 1.96 bits per heavy atom. The third-order valence-corrected chi connectivity index (χ3v) is 5.06. The van der Waals surface area contributed by atoms with Crippen molar-refractivity contribution in [3.8, 4) is 5.75 Å². The minimum Gasteiger partial charge on any atom is -0.548 e. The van der Waals surface area contributed by atoms with Crippen molar-refractivity contribution in [3.63, 3.8) is 0 Å². The molecule has 1 aliphatic rings. The molecule has 0 aliphatic heterocycles. The van der Waals surface area contributed by atoms with Gasteiger partial charge in [0.2, 0.25) is 0 Å². The number of fused-ring (bicyclic) bond motifs is 3. The van der Waals surface area contributed by atoms with E-state index in [1.165, 1.54) is 6.92 Å². The molecule has 0 bridgehead atoms. The molecule has 0 saturated heterocycles. The van der Waals surface area contributed by atoms with Gasteiger partial charge in [0.1, 0.15) is 11.3 Å². The molecule has 1 heterocycles. The van der Waals surface area contributed by atoms with Crippen molar-refractivity contribution in [2.24, 2.45) is 0 Å². The molecule has 0 spiro atoms. The van der Waals surface area contributed by atoms with E-state index in [0.717, 1.165) is 42.2 Å². The molecular weight excluding hydrogens is 362 g/mol. The molecule has 2 atom stereocenters. The lowest BCUT2D eigenvalue weighted by molar-refractivity contribution is -0.308. The van der Waals surface area contributed by atoms with Gasteiger partial charge in [0, 0.05) is 17.0 Å². The lowest BCUT2D eigenvalue weighted by Crippen LogP contribution is -2.51. The molecule has 150 valence electrons. The number of aliphatic carboxylic acids is 1. The zero-order valence-electron chi connectivity index (χ0n) is 16.1. The van der Waals surface area contributed by atoms with Gasteiger partial charge in [-0.2, -0.15) is 0 Å². The molecule has 7 heteroatoms. The van der Waals surface area contributed by atoms with Crippen LogP contribution in [0.25, 0.3) is 11.0 Å². The molecule has 3 rings (SSSR count). The first-order chi connectivity index (χ1) is 13.4. The molecule has 1 N–H and O–H groups in total. The predicted molar refractivity (Wildman–Crippen MR) is 101 cm³/mol. The number of carbonyl (C=O) groups is 2. The monoisotopic (exact) mass is 386 g/mol. The smallest absolute Gasteiger partial charge is 0.339 e. The van der Waals surface area contributed by atoms with E-state index in [0.29, 0.717) is 17.8 Å². The quantitative estimate of drug-likeness (QED) is 0.722. The normalized spacial score (nSPS) is 15.5. The Morgan fingerprint density at radius 3 is 2.64 bits per heavy atom. The molecule has 0 unspecified atom stereocenters. The van der Waals surface area contributed by atoms with Gasteiger partial charge in [-0.15, -0.1) is 0 Å². The minimum atomic E-state index is -1.32. The Bertz CT molecular complexity index is 948. The van der Waals surface area contributed by atoms with Crippen LogP contribution in [0.1, 0.15) is 50.7 Å². The van der Waals surface area contributed by atoms with E-state index < -0.39 is 24.0 Å². The van der Waals surface area contributed by atoms with E-state index in [1.54, 1.807) is 12.1 Å². The van der Waals surface area contributed by atoms with Gasteiger partial charge in [-0.25, -0.2) is 4.79 Å². The minimum absolute atomic E-state index is 0.285. The van der Waals surface area contributed by atoms with Crippen molar-refractivity contribution in [1.82, 2.24) is 5.32 Å². The number of rotatable bonds is 7. The molecular formula is C21H24NO6-. The molecule has 2 aromatic rings. The molecule has 0 radical (unpaired) electrons. The number of nitrogens with one attached hydrogen (secondary N) is 1. The summed E-state index contributed by atoms with van der Waals surface area (Å²) < 4.78 is 11.1. The average molecular weight is 386 g/mol. The van der Waals surface area contributed by atoms with E-state index in [9.17, 15) is 19.5 Å². The van der Waals surface area contributed by atoms with Crippen LogP contribution in [-0.2, 0) is 22.4 Å². The van der Waals surface area contributed by atoms with Gasteiger partial charge < -0.3 is 24.4 Å². The largest absolute Gasteiger partial charge is 0.548 e. The molecule has 28 heavy (non-hydrogen) atoms. The average Bonchev–Trinajstić information content (AvgIpc) is 2.67. The summed E-state index contributed by atoms with van der Waals surface area (Å²) in [6, 6.07) is 4.11. The summed E-state index contributed by atoms with van der Waals surface area (Å²) >= 11 is 0. The van der Waals surface area contributed by atoms with E-state index >= 15 is 0 Å². The lowest BCUT2D eigenvalue weighted by Gasteiger charge is -2.22. The Hall–Kier alpha value is -2.83. The first kappa shape index (κ1) is 19.9. The van der Waals surface area contributed by atoms with Crippen LogP contribution in [0.15, 0.2) is 27.4 Å². The highest BCUT2D eigenvalue weighted by Crippen LogP contribution is 2.29. The standard InChI is InChI=1S/C21H25NO6/c1-3-6-17(20(24)25)22-19(23)12(2)27-13-9-10-15-14-7-4-5-8-16(14)21(26)28-18(15)11-13/h9-12,17H,3-8H2,1-2H3,(H,22,23)(H,24,25)/p-1/t12-,17-/m1/s1. The summed E-state index contributed by atoms with van der Waals surface area (Å²) in [5, 5.41) is 14.4. The Morgan fingerprint density at radius 1 is 1.25 bits per heavy atom. The highest BCUT2D eigenvalue weighted by atomic mass is 16.5. The fourth-order valence-corrected chi connectivity index (χ4v) is 3.58. The summed E-state index contributed by atoms with van der Waals surface area (Å²) in [6.45, 7) is 3.35. The van der Waals surface area contributed by atoms with Gasteiger partial charge in [0.15, 0.2) is 6.10 Å². The molecule has 0 fully saturated rings. The molecule has 1 aliphatic carbocycles. The van der Waals surface area contributed by atoms with E-state index in [2.05, 4.69) is 5.32 Å². The third-order valence-electron chi connectivity index (χ3n) is 5.06. The maximum atomic E-state index is 12.2. The number of ether oxygens (including phenoxy) is 1. The number of hydrogen-bond donors (Lipinski definition) is 1. The summed E-state index contributed by atoms with van der Waals surface area (Å²) in [7, 11) is 0. The number of amides is 1. The van der Waals surface area contributed by atoms with Gasteiger partial charge in [-0.05, 0) is 56.7 Å². The number of benzene rings is 1. The first-order valence-electron chi connectivity index (χ1n) is 9.67. The fourth-order valence-electron chi connectivity index (χ4n) is 3.58.